The summed E-state index contributed by atoms with van der Waals surface area (Å²) in [4.78, 5) is 0. The molecule has 0 aliphatic heterocycles. The van der Waals surface area contributed by atoms with Gasteiger partial charge in [0.1, 0.15) is 0 Å². The van der Waals surface area contributed by atoms with Gasteiger partial charge in [-0.15, -0.1) is 0 Å². The second-order valence-electron chi connectivity index (χ2n) is 5.55. The van der Waals surface area contributed by atoms with E-state index in [2.05, 4.69) is 33.8 Å². The molecule has 68 valence electrons. The van der Waals surface area contributed by atoms with Crippen LogP contribution in [0, 0.1) is 16.7 Å². The lowest BCUT2D eigenvalue weighted by molar-refractivity contribution is 0.191. The minimum atomic E-state index is 0.477. The van der Waals surface area contributed by atoms with Crippen LogP contribution in [0.1, 0.15) is 47.0 Å². The molecule has 0 nitrogen and oxygen atoms in total. The molecule has 0 spiro atoms. The molecule has 0 aromatic heterocycles. The van der Waals surface area contributed by atoms with E-state index in [1.54, 1.807) is 5.57 Å². The van der Waals surface area contributed by atoms with Crippen molar-refractivity contribution in [3.8, 4) is 0 Å². The van der Waals surface area contributed by atoms with E-state index in [1.165, 1.54) is 19.3 Å². The largest absolute Gasteiger partial charge is 0.0847 e. The molecule has 0 radical (unpaired) electrons. The summed E-state index contributed by atoms with van der Waals surface area (Å²) < 4.78 is 0. The molecule has 0 N–H and O–H groups in total. The lowest BCUT2D eigenvalue weighted by atomic mass is 9.70. The lowest BCUT2D eigenvalue weighted by Crippen LogP contribution is -2.27. The van der Waals surface area contributed by atoms with Crippen molar-refractivity contribution >= 4 is 0 Å². The monoisotopic (exact) mass is 164 g/mol. The van der Waals surface area contributed by atoms with Gasteiger partial charge >= 0.3 is 0 Å². The van der Waals surface area contributed by atoms with E-state index in [0.717, 1.165) is 5.92 Å². The first-order valence-electron chi connectivity index (χ1n) is 5.14. The highest BCUT2D eigenvalue weighted by atomic mass is 14.6. The normalized spacial score (nSPS) is 36.3. The molecule has 0 aromatic rings. The van der Waals surface area contributed by atoms with Gasteiger partial charge < -0.3 is 0 Å². The first-order chi connectivity index (χ1) is 5.47. The molecule has 0 aromatic carbocycles. The van der Waals surface area contributed by atoms with E-state index < -0.39 is 0 Å². The zero-order chi connectivity index (χ0) is 8.98. The SMILES string of the molecule is CC1=CCC(C2(C)CC2)C1(C)C. The molecule has 0 saturated heterocycles. The zero-order valence-corrected chi connectivity index (χ0v) is 8.78. The van der Waals surface area contributed by atoms with Crippen LogP contribution in [0.2, 0.25) is 0 Å². The molecule has 2 rings (SSSR count). The highest BCUT2D eigenvalue weighted by Crippen LogP contribution is 2.62. The smallest absolute Gasteiger partial charge is 0.0111 e. The third kappa shape index (κ3) is 0.967. The standard InChI is InChI=1S/C12H20/c1-9-5-6-10(11(9,2)3)12(4)7-8-12/h5,10H,6-8H2,1-4H3. The van der Waals surface area contributed by atoms with Crippen LogP contribution in [-0.4, -0.2) is 0 Å². The summed E-state index contributed by atoms with van der Waals surface area (Å²) in [6.07, 6.45) is 6.70. The average Bonchev–Trinajstić information content (AvgIpc) is 2.61. The molecular weight excluding hydrogens is 144 g/mol. The van der Waals surface area contributed by atoms with Crippen LogP contribution in [0.5, 0.6) is 0 Å². The Kier molecular flexibility index (Phi) is 1.50. The highest BCUT2D eigenvalue weighted by Gasteiger charge is 2.52. The third-order valence-electron chi connectivity index (χ3n) is 4.43. The van der Waals surface area contributed by atoms with Crippen molar-refractivity contribution in [1.82, 2.24) is 0 Å². The second kappa shape index (κ2) is 2.16. The summed E-state index contributed by atoms with van der Waals surface area (Å²) in [5.41, 5.74) is 2.78. The van der Waals surface area contributed by atoms with E-state index >= 15 is 0 Å². The van der Waals surface area contributed by atoms with Gasteiger partial charge in [0.25, 0.3) is 0 Å². The van der Waals surface area contributed by atoms with Crippen LogP contribution in [0.25, 0.3) is 0 Å². The average molecular weight is 164 g/mol. The van der Waals surface area contributed by atoms with Crippen LogP contribution in [-0.2, 0) is 0 Å². The van der Waals surface area contributed by atoms with Crippen LogP contribution >= 0.6 is 0 Å². The molecule has 2 aliphatic carbocycles. The van der Waals surface area contributed by atoms with E-state index in [9.17, 15) is 0 Å². The van der Waals surface area contributed by atoms with Gasteiger partial charge in [-0.3, -0.25) is 0 Å². The van der Waals surface area contributed by atoms with E-state index in [1.807, 2.05) is 0 Å². The minimum Gasteiger partial charge on any atom is -0.0847 e. The first kappa shape index (κ1) is 8.34. The van der Waals surface area contributed by atoms with Crippen LogP contribution in [0.3, 0.4) is 0 Å². The highest BCUT2D eigenvalue weighted by molar-refractivity contribution is 5.22. The van der Waals surface area contributed by atoms with Crippen LogP contribution < -0.4 is 0 Å². The number of allylic oxidation sites excluding steroid dienone is 2. The second-order valence-corrected chi connectivity index (χ2v) is 5.55. The Bertz CT molecular complexity index is 228. The van der Waals surface area contributed by atoms with Gasteiger partial charge in [-0.2, -0.15) is 0 Å². The Hall–Kier alpha value is -0.260. The fraction of sp³-hybridized carbons (Fsp3) is 0.833. The summed E-state index contributed by atoms with van der Waals surface area (Å²) in [7, 11) is 0. The Morgan fingerprint density at radius 3 is 2.17 bits per heavy atom. The molecular formula is C12H20. The van der Waals surface area contributed by atoms with Crippen molar-refractivity contribution in [3.63, 3.8) is 0 Å². The Morgan fingerprint density at radius 2 is 1.83 bits per heavy atom. The van der Waals surface area contributed by atoms with Gasteiger partial charge in [0.05, 0.1) is 0 Å². The van der Waals surface area contributed by atoms with Crippen LogP contribution in [0.4, 0.5) is 0 Å². The quantitative estimate of drug-likeness (QED) is 0.517. The fourth-order valence-electron chi connectivity index (χ4n) is 2.83. The van der Waals surface area contributed by atoms with E-state index in [4.69, 9.17) is 0 Å². The van der Waals surface area contributed by atoms with Gasteiger partial charge in [-0.25, -0.2) is 0 Å². The van der Waals surface area contributed by atoms with Crippen molar-refractivity contribution in [3.05, 3.63) is 11.6 Å². The summed E-state index contributed by atoms with van der Waals surface area (Å²) in [6, 6.07) is 0. The molecule has 1 saturated carbocycles. The lowest BCUT2D eigenvalue weighted by Gasteiger charge is -2.34. The van der Waals surface area contributed by atoms with Gasteiger partial charge in [-0.05, 0) is 42.9 Å². The van der Waals surface area contributed by atoms with Gasteiger partial charge in [-0.1, -0.05) is 32.4 Å². The Balaban J connectivity index is 2.22. The van der Waals surface area contributed by atoms with Gasteiger partial charge in [0, 0.05) is 0 Å². The Morgan fingerprint density at radius 1 is 1.25 bits per heavy atom. The summed E-state index contributed by atoms with van der Waals surface area (Å²) in [5.74, 6) is 0.921. The minimum absolute atomic E-state index is 0.477. The molecule has 2 aliphatic rings. The molecule has 0 heterocycles. The molecule has 0 heteroatoms. The van der Waals surface area contributed by atoms with Crippen molar-refractivity contribution in [2.24, 2.45) is 16.7 Å². The maximum absolute atomic E-state index is 2.46. The van der Waals surface area contributed by atoms with Crippen molar-refractivity contribution in [2.45, 2.75) is 47.0 Å². The molecule has 12 heavy (non-hydrogen) atoms. The first-order valence-corrected chi connectivity index (χ1v) is 5.14. The summed E-state index contributed by atoms with van der Waals surface area (Å²) >= 11 is 0. The predicted molar refractivity (Wildman–Crippen MR) is 53.0 cm³/mol. The number of rotatable bonds is 1. The summed E-state index contributed by atoms with van der Waals surface area (Å²) in [5, 5.41) is 0. The van der Waals surface area contributed by atoms with Crippen LogP contribution in [0.15, 0.2) is 11.6 Å². The number of hydrogen-bond donors (Lipinski definition) is 0. The van der Waals surface area contributed by atoms with Gasteiger partial charge in [0.2, 0.25) is 0 Å². The maximum atomic E-state index is 2.46. The fourth-order valence-corrected chi connectivity index (χ4v) is 2.83. The van der Waals surface area contributed by atoms with Crippen molar-refractivity contribution in [1.29, 1.82) is 0 Å². The zero-order valence-electron chi connectivity index (χ0n) is 8.78. The molecule has 0 bridgehead atoms. The molecule has 0 amide bonds. The van der Waals surface area contributed by atoms with Crippen molar-refractivity contribution in [2.75, 3.05) is 0 Å². The van der Waals surface area contributed by atoms with Gasteiger partial charge in [0.15, 0.2) is 0 Å². The topological polar surface area (TPSA) is 0 Å². The number of hydrogen-bond acceptors (Lipinski definition) is 0. The molecule has 1 unspecified atom stereocenters. The van der Waals surface area contributed by atoms with Crippen molar-refractivity contribution < 1.29 is 0 Å². The predicted octanol–water partition coefficient (Wildman–Crippen LogP) is 3.78. The van der Waals surface area contributed by atoms with E-state index in [-0.39, 0.29) is 0 Å². The Labute approximate surface area is 76.1 Å². The maximum Gasteiger partial charge on any atom is -0.0111 e. The molecule has 1 atom stereocenters. The third-order valence-corrected chi connectivity index (χ3v) is 4.43. The molecule has 1 fully saturated rings. The summed E-state index contributed by atoms with van der Waals surface area (Å²) in [6.45, 7) is 9.59. The van der Waals surface area contributed by atoms with E-state index in [0.29, 0.717) is 10.8 Å².